The van der Waals surface area contributed by atoms with Crippen LogP contribution in [0.1, 0.15) is 35.2 Å². The fourth-order valence-corrected chi connectivity index (χ4v) is 2.20. The second kappa shape index (κ2) is 6.29. The van der Waals surface area contributed by atoms with E-state index in [0.717, 1.165) is 31.5 Å². The Kier molecular flexibility index (Phi) is 4.46. The first-order valence-corrected chi connectivity index (χ1v) is 6.66. The summed E-state index contributed by atoms with van der Waals surface area (Å²) in [6.07, 6.45) is 3.59. The lowest BCUT2D eigenvalue weighted by atomic mass is 10.1. The van der Waals surface area contributed by atoms with E-state index in [4.69, 9.17) is 4.74 Å². The van der Waals surface area contributed by atoms with Gasteiger partial charge in [-0.05, 0) is 38.3 Å². The van der Waals surface area contributed by atoms with Gasteiger partial charge < -0.3 is 9.64 Å². The van der Waals surface area contributed by atoms with Gasteiger partial charge in [0, 0.05) is 25.1 Å². The van der Waals surface area contributed by atoms with Gasteiger partial charge in [-0.2, -0.15) is 0 Å². The lowest BCUT2D eigenvalue weighted by molar-refractivity contribution is 0.105. The average Bonchev–Trinajstić information content (AvgIpc) is 2.46. The van der Waals surface area contributed by atoms with Crippen molar-refractivity contribution in [1.82, 2.24) is 4.90 Å². The number of methoxy groups -OCH3 is 1. The number of rotatable bonds is 2. The maximum Gasteiger partial charge on any atom is 0.241 e. The highest BCUT2D eigenvalue weighted by Crippen LogP contribution is 2.19. The molecule has 0 spiro atoms. The number of ketones is 1. The van der Waals surface area contributed by atoms with Crippen LogP contribution in [-0.4, -0.2) is 30.9 Å². The van der Waals surface area contributed by atoms with E-state index < -0.39 is 0 Å². The number of hydrogen-bond donors (Lipinski definition) is 0. The Morgan fingerprint density at radius 1 is 1.26 bits per heavy atom. The molecule has 3 heteroatoms. The van der Waals surface area contributed by atoms with Crippen LogP contribution in [-0.2, 0) is 0 Å². The second-order valence-corrected chi connectivity index (χ2v) is 4.82. The van der Waals surface area contributed by atoms with Crippen LogP contribution >= 0.6 is 0 Å². The molecule has 0 aromatic heterocycles. The molecule has 0 saturated carbocycles. The largest absolute Gasteiger partial charge is 0.496 e. The first-order valence-electron chi connectivity index (χ1n) is 6.66. The SMILES string of the molecule is COc1ccc(C)cc1C(=O)C#CN1CCCCC1. The molecule has 1 saturated heterocycles. The van der Waals surface area contributed by atoms with Gasteiger partial charge in [-0.3, -0.25) is 4.79 Å². The number of benzene rings is 1. The van der Waals surface area contributed by atoms with Crippen molar-refractivity contribution in [3.63, 3.8) is 0 Å². The highest BCUT2D eigenvalue weighted by Gasteiger charge is 2.11. The minimum Gasteiger partial charge on any atom is -0.496 e. The topological polar surface area (TPSA) is 29.5 Å². The lowest BCUT2D eigenvalue weighted by Crippen LogP contribution is -2.25. The molecule has 0 atom stereocenters. The molecule has 1 aliphatic heterocycles. The van der Waals surface area contributed by atoms with Crippen LogP contribution in [0.4, 0.5) is 0 Å². The van der Waals surface area contributed by atoms with Gasteiger partial charge in [-0.15, -0.1) is 0 Å². The Morgan fingerprint density at radius 3 is 2.68 bits per heavy atom. The number of hydrogen-bond acceptors (Lipinski definition) is 3. The lowest BCUT2D eigenvalue weighted by Gasteiger charge is -2.21. The van der Waals surface area contributed by atoms with Gasteiger partial charge in [0.1, 0.15) is 5.75 Å². The molecule has 0 unspecified atom stereocenters. The molecular weight excluding hydrogens is 238 g/mol. The molecule has 1 heterocycles. The van der Waals surface area contributed by atoms with Crippen LogP contribution in [0.5, 0.6) is 5.75 Å². The molecule has 1 aliphatic rings. The van der Waals surface area contributed by atoms with Crippen molar-refractivity contribution in [3.8, 4) is 17.7 Å². The van der Waals surface area contributed by atoms with Gasteiger partial charge in [0.15, 0.2) is 0 Å². The Balaban J connectivity index is 2.15. The molecule has 1 aromatic carbocycles. The van der Waals surface area contributed by atoms with Crippen molar-refractivity contribution in [2.45, 2.75) is 26.2 Å². The molecule has 0 amide bonds. The van der Waals surface area contributed by atoms with E-state index >= 15 is 0 Å². The molecule has 3 nitrogen and oxygen atoms in total. The molecule has 0 N–H and O–H groups in total. The third-order valence-corrected chi connectivity index (χ3v) is 3.28. The minimum absolute atomic E-state index is 0.175. The highest BCUT2D eigenvalue weighted by molar-refractivity contribution is 6.10. The maximum absolute atomic E-state index is 12.1. The number of nitrogens with zero attached hydrogens (tertiary/aromatic N) is 1. The fourth-order valence-electron chi connectivity index (χ4n) is 2.20. The Labute approximate surface area is 114 Å². The third kappa shape index (κ3) is 3.51. The van der Waals surface area contributed by atoms with Gasteiger partial charge in [-0.1, -0.05) is 11.6 Å². The van der Waals surface area contributed by atoms with Crippen molar-refractivity contribution in [1.29, 1.82) is 0 Å². The van der Waals surface area contributed by atoms with Crippen molar-refractivity contribution in [3.05, 3.63) is 29.3 Å². The van der Waals surface area contributed by atoms with Gasteiger partial charge in [-0.25, -0.2) is 0 Å². The zero-order chi connectivity index (χ0) is 13.7. The molecule has 1 aromatic rings. The number of carbonyl (C=O) groups is 1. The summed E-state index contributed by atoms with van der Waals surface area (Å²) in [7, 11) is 1.57. The first kappa shape index (κ1) is 13.5. The molecule has 0 radical (unpaired) electrons. The zero-order valence-electron chi connectivity index (χ0n) is 11.5. The van der Waals surface area contributed by atoms with E-state index in [2.05, 4.69) is 12.0 Å². The number of carbonyl (C=O) groups excluding carboxylic acids is 1. The highest BCUT2D eigenvalue weighted by atomic mass is 16.5. The zero-order valence-corrected chi connectivity index (χ0v) is 11.5. The van der Waals surface area contributed by atoms with E-state index in [1.165, 1.54) is 6.42 Å². The number of aryl methyl sites for hydroxylation is 1. The molecule has 1 fully saturated rings. The normalized spacial score (nSPS) is 14.5. The van der Waals surface area contributed by atoms with E-state index in [1.54, 1.807) is 7.11 Å². The summed E-state index contributed by atoms with van der Waals surface area (Å²) in [5, 5.41) is 0. The van der Waals surface area contributed by atoms with Crippen LogP contribution in [0, 0.1) is 18.9 Å². The van der Waals surface area contributed by atoms with Crippen LogP contribution in [0.3, 0.4) is 0 Å². The maximum atomic E-state index is 12.1. The summed E-state index contributed by atoms with van der Waals surface area (Å²) in [6, 6.07) is 8.53. The Bertz CT molecular complexity index is 519. The summed E-state index contributed by atoms with van der Waals surface area (Å²) < 4.78 is 5.21. The number of ether oxygens (including phenoxy) is 1. The molecule has 0 aliphatic carbocycles. The van der Waals surface area contributed by atoms with Gasteiger partial charge in [0.2, 0.25) is 5.78 Å². The smallest absolute Gasteiger partial charge is 0.241 e. The van der Waals surface area contributed by atoms with E-state index in [0.29, 0.717) is 11.3 Å². The summed E-state index contributed by atoms with van der Waals surface area (Å²) in [5.41, 5.74) is 1.58. The van der Waals surface area contributed by atoms with Crippen molar-refractivity contribution >= 4 is 5.78 Å². The summed E-state index contributed by atoms with van der Waals surface area (Å²) in [4.78, 5) is 14.2. The van der Waals surface area contributed by atoms with Crippen molar-refractivity contribution < 1.29 is 9.53 Å². The molecule has 100 valence electrons. The molecule has 0 bridgehead atoms. The third-order valence-electron chi connectivity index (χ3n) is 3.28. The van der Waals surface area contributed by atoms with Crippen molar-refractivity contribution in [2.24, 2.45) is 0 Å². The van der Waals surface area contributed by atoms with Crippen LogP contribution in [0.25, 0.3) is 0 Å². The monoisotopic (exact) mass is 257 g/mol. The van der Waals surface area contributed by atoms with Crippen molar-refractivity contribution in [2.75, 3.05) is 20.2 Å². The van der Waals surface area contributed by atoms with E-state index in [1.807, 2.05) is 30.0 Å². The standard InChI is InChI=1S/C16H19NO2/c1-13-6-7-16(19-2)14(12-13)15(18)8-11-17-9-4-3-5-10-17/h6-7,12H,3-5,9-10H2,1-2H3. The predicted octanol–water partition coefficient (Wildman–Crippen LogP) is 2.63. The fraction of sp³-hybridized carbons (Fsp3) is 0.438. The summed E-state index contributed by atoms with van der Waals surface area (Å²) in [6.45, 7) is 3.88. The average molecular weight is 257 g/mol. The summed E-state index contributed by atoms with van der Waals surface area (Å²) in [5.74, 6) is 3.14. The van der Waals surface area contributed by atoms with Gasteiger partial charge >= 0.3 is 0 Å². The van der Waals surface area contributed by atoms with Crippen LogP contribution < -0.4 is 4.74 Å². The van der Waals surface area contributed by atoms with Crippen LogP contribution in [0.15, 0.2) is 18.2 Å². The quantitative estimate of drug-likeness (QED) is 0.602. The number of Topliss-reactive ketones (excluding diaryl/α,β-unsaturated/α-hetero) is 1. The van der Waals surface area contributed by atoms with Gasteiger partial charge in [0.25, 0.3) is 0 Å². The number of piperidine rings is 1. The van der Waals surface area contributed by atoms with Crippen LogP contribution in [0.2, 0.25) is 0 Å². The van der Waals surface area contributed by atoms with Gasteiger partial charge in [0.05, 0.1) is 12.7 Å². The molecular formula is C16H19NO2. The van der Waals surface area contributed by atoms with E-state index in [9.17, 15) is 4.79 Å². The first-order chi connectivity index (χ1) is 9.20. The minimum atomic E-state index is -0.175. The van der Waals surface area contributed by atoms with E-state index in [-0.39, 0.29) is 5.78 Å². The predicted molar refractivity (Wildman–Crippen MR) is 75.3 cm³/mol. The summed E-state index contributed by atoms with van der Waals surface area (Å²) >= 11 is 0. The molecule has 2 rings (SSSR count). The Hall–Kier alpha value is -1.95. The second-order valence-electron chi connectivity index (χ2n) is 4.82. The Morgan fingerprint density at radius 2 is 2.00 bits per heavy atom. The number of likely N-dealkylation sites (tertiary alicyclic amines) is 1. The molecule has 19 heavy (non-hydrogen) atoms.